The molecule has 1 aromatic carbocycles. The second-order valence-electron chi connectivity index (χ2n) is 6.60. The molecular formula is C21H21F2N3O2. The lowest BCUT2D eigenvalue weighted by molar-refractivity contribution is 0.0949. The van der Waals surface area contributed by atoms with E-state index in [-0.39, 0.29) is 23.0 Å². The molecule has 1 aliphatic rings. The fourth-order valence-electron chi connectivity index (χ4n) is 3.02. The minimum Gasteiger partial charge on any atom is -0.350 e. The van der Waals surface area contributed by atoms with Crippen molar-refractivity contribution in [2.24, 2.45) is 0 Å². The molecular weight excluding hydrogens is 364 g/mol. The molecule has 2 amide bonds. The van der Waals surface area contributed by atoms with Gasteiger partial charge in [0.2, 0.25) is 0 Å². The summed E-state index contributed by atoms with van der Waals surface area (Å²) in [5.41, 5.74) is 1.26. The largest absolute Gasteiger partial charge is 0.350 e. The number of benzene rings is 1. The molecule has 0 aliphatic heterocycles. The van der Waals surface area contributed by atoms with Crippen LogP contribution in [0.4, 0.5) is 14.5 Å². The van der Waals surface area contributed by atoms with Crippen molar-refractivity contribution in [1.82, 2.24) is 10.3 Å². The van der Waals surface area contributed by atoms with Crippen LogP contribution in [0.2, 0.25) is 0 Å². The Morgan fingerprint density at radius 3 is 2.54 bits per heavy atom. The van der Waals surface area contributed by atoms with Gasteiger partial charge in [0.1, 0.15) is 23.0 Å². The normalized spacial score (nSPS) is 13.6. The first-order valence-electron chi connectivity index (χ1n) is 9.22. The molecule has 0 saturated carbocycles. The lowest BCUT2D eigenvalue weighted by atomic mass is 9.97. The molecule has 0 radical (unpaired) electrons. The monoisotopic (exact) mass is 385 g/mol. The Balaban J connectivity index is 1.60. The van der Waals surface area contributed by atoms with E-state index in [0.717, 1.165) is 31.4 Å². The summed E-state index contributed by atoms with van der Waals surface area (Å²) in [6.07, 6.45) is 7.60. The molecule has 0 saturated heterocycles. The predicted molar refractivity (Wildman–Crippen MR) is 102 cm³/mol. The van der Waals surface area contributed by atoms with Crippen LogP contribution in [0.1, 0.15) is 53.1 Å². The van der Waals surface area contributed by atoms with Crippen molar-refractivity contribution < 1.29 is 18.4 Å². The highest BCUT2D eigenvalue weighted by Crippen LogP contribution is 2.19. The van der Waals surface area contributed by atoms with E-state index in [1.165, 1.54) is 36.6 Å². The third-order valence-electron chi connectivity index (χ3n) is 4.51. The summed E-state index contributed by atoms with van der Waals surface area (Å²) in [6.45, 7) is 0.504. The summed E-state index contributed by atoms with van der Waals surface area (Å²) in [6, 6.07) is 7.29. The molecule has 1 aromatic heterocycles. The number of hydrogen-bond donors (Lipinski definition) is 2. The van der Waals surface area contributed by atoms with Gasteiger partial charge in [-0.05, 0) is 56.4 Å². The third kappa shape index (κ3) is 5.22. The summed E-state index contributed by atoms with van der Waals surface area (Å²) < 4.78 is 26.6. The number of pyridine rings is 1. The van der Waals surface area contributed by atoms with E-state index in [1.54, 1.807) is 0 Å². The van der Waals surface area contributed by atoms with Crippen LogP contribution in [0.5, 0.6) is 0 Å². The zero-order valence-electron chi connectivity index (χ0n) is 15.3. The highest BCUT2D eigenvalue weighted by atomic mass is 19.1. The van der Waals surface area contributed by atoms with Crippen LogP contribution in [0.15, 0.2) is 48.0 Å². The maximum atomic E-state index is 13.7. The Bertz CT molecular complexity index is 912. The second-order valence-corrected chi connectivity index (χ2v) is 6.60. The Morgan fingerprint density at radius 2 is 1.82 bits per heavy atom. The van der Waals surface area contributed by atoms with E-state index in [4.69, 9.17) is 0 Å². The zero-order valence-corrected chi connectivity index (χ0v) is 15.3. The second kappa shape index (κ2) is 9.21. The number of amides is 2. The van der Waals surface area contributed by atoms with Crippen LogP contribution >= 0.6 is 0 Å². The van der Waals surface area contributed by atoms with Gasteiger partial charge in [-0.2, -0.15) is 0 Å². The minimum atomic E-state index is -0.890. The van der Waals surface area contributed by atoms with E-state index in [1.807, 2.05) is 0 Å². The number of carbonyl (C=O) groups excluding carboxylic acids is 2. The van der Waals surface area contributed by atoms with Gasteiger partial charge in [0.05, 0.1) is 5.69 Å². The van der Waals surface area contributed by atoms with Crippen molar-refractivity contribution in [2.45, 2.75) is 32.1 Å². The lowest BCUT2D eigenvalue weighted by Crippen LogP contribution is -2.26. The number of hydrogen-bond acceptors (Lipinski definition) is 3. The predicted octanol–water partition coefficient (Wildman–Crippen LogP) is 4.23. The number of aromatic nitrogens is 1. The average Bonchev–Trinajstić information content (AvgIpc) is 2.71. The molecule has 1 heterocycles. The summed E-state index contributed by atoms with van der Waals surface area (Å²) in [7, 11) is 0. The first kappa shape index (κ1) is 19.7. The van der Waals surface area contributed by atoms with E-state index in [2.05, 4.69) is 21.7 Å². The molecule has 2 aromatic rings. The number of halogens is 2. The fourth-order valence-corrected chi connectivity index (χ4v) is 3.02. The highest BCUT2D eigenvalue weighted by molar-refractivity contribution is 6.03. The van der Waals surface area contributed by atoms with Gasteiger partial charge in [-0.3, -0.25) is 9.59 Å². The Hall–Kier alpha value is -3.09. The van der Waals surface area contributed by atoms with Gasteiger partial charge in [-0.15, -0.1) is 0 Å². The van der Waals surface area contributed by atoms with Crippen molar-refractivity contribution in [2.75, 3.05) is 11.9 Å². The quantitative estimate of drug-likeness (QED) is 0.731. The van der Waals surface area contributed by atoms with Gasteiger partial charge in [0.15, 0.2) is 0 Å². The molecule has 0 fully saturated rings. The molecule has 3 rings (SSSR count). The van der Waals surface area contributed by atoms with Gasteiger partial charge in [0, 0.05) is 12.6 Å². The van der Waals surface area contributed by atoms with E-state index < -0.39 is 17.5 Å². The summed E-state index contributed by atoms with van der Waals surface area (Å²) in [5.74, 6) is -2.69. The number of anilines is 1. The van der Waals surface area contributed by atoms with Crippen molar-refractivity contribution in [1.29, 1.82) is 0 Å². The highest BCUT2D eigenvalue weighted by Gasteiger charge is 2.14. The molecule has 0 atom stereocenters. The van der Waals surface area contributed by atoms with E-state index in [0.29, 0.717) is 12.6 Å². The molecule has 146 valence electrons. The van der Waals surface area contributed by atoms with Crippen LogP contribution in [0.3, 0.4) is 0 Å². The Morgan fingerprint density at radius 1 is 1.04 bits per heavy atom. The van der Waals surface area contributed by atoms with Crippen LogP contribution in [-0.4, -0.2) is 23.3 Å². The first-order valence-corrected chi connectivity index (χ1v) is 9.22. The SMILES string of the molecule is O=C(NCCC1=CCCCC1)c1cccc(C(=O)Nc2ccc(F)cc2F)n1. The number of nitrogens with one attached hydrogen (secondary N) is 2. The molecule has 2 N–H and O–H groups in total. The maximum absolute atomic E-state index is 13.7. The van der Waals surface area contributed by atoms with Gasteiger partial charge < -0.3 is 10.6 Å². The van der Waals surface area contributed by atoms with Gasteiger partial charge in [-0.25, -0.2) is 13.8 Å². The van der Waals surface area contributed by atoms with Gasteiger partial charge in [-0.1, -0.05) is 17.7 Å². The number of allylic oxidation sites excluding steroid dienone is 1. The van der Waals surface area contributed by atoms with Crippen LogP contribution in [0.25, 0.3) is 0 Å². The van der Waals surface area contributed by atoms with Crippen LogP contribution < -0.4 is 10.6 Å². The van der Waals surface area contributed by atoms with Gasteiger partial charge >= 0.3 is 0 Å². The minimum absolute atomic E-state index is 0.0358. The third-order valence-corrected chi connectivity index (χ3v) is 4.51. The van der Waals surface area contributed by atoms with E-state index in [9.17, 15) is 18.4 Å². The standard InChI is InChI=1S/C21H21F2N3O2/c22-15-9-10-17(16(23)13-15)26-21(28)19-8-4-7-18(25-19)20(27)24-12-11-14-5-2-1-3-6-14/h4-5,7-10,13H,1-3,6,11-12H2,(H,24,27)(H,26,28). The lowest BCUT2D eigenvalue weighted by Gasteiger charge is -2.13. The van der Waals surface area contributed by atoms with Gasteiger partial charge in [0.25, 0.3) is 11.8 Å². The smallest absolute Gasteiger partial charge is 0.274 e. The molecule has 7 heteroatoms. The zero-order chi connectivity index (χ0) is 19.9. The van der Waals surface area contributed by atoms with Crippen LogP contribution in [0, 0.1) is 11.6 Å². The van der Waals surface area contributed by atoms with Crippen molar-refractivity contribution in [3.63, 3.8) is 0 Å². The molecule has 0 spiro atoms. The van der Waals surface area contributed by atoms with Crippen molar-refractivity contribution in [3.8, 4) is 0 Å². The molecule has 5 nitrogen and oxygen atoms in total. The molecule has 1 aliphatic carbocycles. The fraction of sp³-hybridized carbons (Fsp3) is 0.286. The Labute approximate surface area is 161 Å². The number of rotatable bonds is 6. The Kier molecular flexibility index (Phi) is 6.47. The first-order chi connectivity index (χ1) is 13.5. The number of carbonyl (C=O) groups is 2. The summed E-state index contributed by atoms with van der Waals surface area (Å²) >= 11 is 0. The summed E-state index contributed by atoms with van der Waals surface area (Å²) in [5, 5.41) is 5.13. The van der Waals surface area contributed by atoms with Crippen molar-refractivity contribution in [3.05, 3.63) is 71.1 Å². The van der Waals surface area contributed by atoms with E-state index >= 15 is 0 Å². The summed E-state index contributed by atoms with van der Waals surface area (Å²) in [4.78, 5) is 28.6. The van der Waals surface area contributed by atoms with Crippen LogP contribution in [-0.2, 0) is 0 Å². The van der Waals surface area contributed by atoms with Crippen molar-refractivity contribution >= 4 is 17.5 Å². The topological polar surface area (TPSA) is 71.1 Å². The average molecular weight is 385 g/mol. The molecule has 0 unspecified atom stereocenters. The maximum Gasteiger partial charge on any atom is 0.274 e. The number of nitrogens with zero attached hydrogens (tertiary/aromatic N) is 1. The molecule has 28 heavy (non-hydrogen) atoms. The molecule has 0 bridgehead atoms.